The van der Waals surface area contributed by atoms with Crippen molar-refractivity contribution >= 4 is 32.7 Å². The van der Waals surface area contributed by atoms with Gasteiger partial charge in [-0.05, 0) is 17.7 Å². The lowest BCUT2D eigenvalue weighted by Gasteiger charge is -2.24. The summed E-state index contributed by atoms with van der Waals surface area (Å²) in [4.78, 5) is 18.3. The van der Waals surface area contributed by atoms with Gasteiger partial charge in [0.15, 0.2) is 26.5 Å². The van der Waals surface area contributed by atoms with E-state index in [1.54, 1.807) is 13.8 Å². The van der Waals surface area contributed by atoms with Gasteiger partial charge in [-0.1, -0.05) is 31.7 Å². The average Bonchev–Trinajstić information content (AvgIpc) is 3.21. The summed E-state index contributed by atoms with van der Waals surface area (Å²) in [5.74, 6) is 1.24. The Morgan fingerprint density at radius 1 is 1.31 bits per heavy atom. The standard InChI is InChI=1S/C17H20N2O5S2/c1-10(2)16(20)18-17-19(12-7-26(21,22)8-15(12)25-17)6-11-3-4-13-14(5-11)24-9-23-13/h3-5,10,12,15H,6-9H2,1-2H3/t12-,15-/m1/s1. The molecule has 3 heterocycles. The molecule has 1 amide bonds. The first-order valence-corrected chi connectivity index (χ1v) is 11.2. The number of amides is 1. The van der Waals surface area contributed by atoms with Crippen LogP contribution in [0.2, 0.25) is 0 Å². The molecular weight excluding hydrogens is 376 g/mol. The Kier molecular flexibility index (Phi) is 4.38. The second-order valence-corrected chi connectivity index (χ2v) is 10.4. The van der Waals surface area contributed by atoms with Crippen molar-refractivity contribution in [2.24, 2.45) is 10.9 Å². The van der Waals surface area contributed by atoms with Crippen LogP contribution in [-0.4, -0.2) is 54.0 Å². The Hall–Kier alpha value is -1.74. The minimum Gasteiger partial charge on any atom is -0.454 e. The van der Waals surface area contributed by atoms with Gasteiger partial charge in [0.25, 0.3) is 5.91 Å². The predicted molar refractivity (Wildman–Crippen MR) is 99.2 cm³/mol. The van der Waals surface area contributed by atoms with Gasteiger partial charge in [-0.15, -0.1) is 0 Å². The van der Waals surface area contributed by atoms with Crippen LogP contribution in [0.15, 0.2) is 23.2 Å². The zero-order valence-corrected chi connectivity index (χ0v) is 16.2. The number of rotatable bonds is 3. The maximum atomic E-state index is 12.1. The lowest BCUT2D eigenvalue weighted by Crippen LogP contribution is -2.37. The number of ether oxygens (including phenoxy) is 2. The second-order valence-electron chi connectivity index (χ2n) is 7.00. The van der Waals surface area contributed by atoms with Crippen molar-refractivity contribution in [2.75, 3.05) is 18.3 Å². The molecule has 3 aliphatic rings. The monoisotopic (exact) mass is 396 g/mol. The van der Waals surface area contributed by atoms with Crippen LogP contribution in [0.4, 0.5) is 0 Å². The highest BCUT2D eigenvalue weighted by Crippen LogP contribution is 2.40. The molecule has 3 aliphatic heterocycles. The molecule has 0 unspecified atom stereocenters. The second kappa shape index (κ2) is 6.45. The van der Waals surface area contributed by atoms with E-state index in [0.717, 1.165) is 5.56 Å². The number of nitrogens with zero attached hydrogens (tertiary/aromatic N) is 2. The fraction of sp³-hybridized carbons (Fsp3) is 0.529. The van der Waals surface area contributed by atoms with E-state index in [-0.39, 0.29) is 41.4 Å². The minimum atomic E-state index is -3.06. The fourth-order valence-corrected chi connectivity index (χ4v) is 7.24. The number of aliphatic imine (C=N–C) groups is 1. The maximum absolute atomic E-state index is 12.1. The molecule has 2 fully saturated rings. The Morgan fingerprint density at radius 3 is 2.85 bits per heavy atom. The normalized spacial score (nSPS) is 27.3. The number of amidine groups is 1. The molecule has 0 saturated carbocycles. The summed E-state index contributed by atoms with van der Waals surface area (Å²) in [5.41, 5.74) is 0.962. The van der Waals surface area contributed by atoms with E-state index in [1.807, 2.05) is 23.1 Å². The molecule has 0 bridgehead atoms. The van der Waals surface area contributed by atoms with Crippen LogP contribution in [0.5, 0.6) is 11.5 Å². The predicted octanol–water partition coefficient (Wildman–Crippen LogP) is 1.67. The zero-order chi connectivity index (χ0) is 18.5. The smallest absolute Gasteiger partial charge is 0.250 e. The van der Waals surface area contributed by atoms with E-state index >= 15 is 0 Å². The maximum Gasteiger partial charge on any atom is 0.250 e. The highest BCUT2D eigenvalue weighted by molar-refractivity contribution is 8.15. The summed E-state index contributed by atoms with van der Waals surface area (Å²) in [6.45, 7) is 4.29. The number of sulfone groups is 1. The first-order chi connectivity index (χ1) is 12.3. The van der Waals surface area contributed by atoms with Crippen molar-refractivity contribution in [1.29, 1.82) is 0 Å². The molecule has 4 rings (SSSR count). The quantitative estimate of drug-likeness (QED) is 0.768. The third-order valence-electron chi connectivity index (χ3n) is 4.66. The highest BCUT2D eigenvalue weighted by Gasteiger charge is 2.48. The van der Waals surface area contributed by atoms with Gasteiger partial charge in [0.05, 0.1) is 17.5 Å². The lowest BCUT2D eigenvalue weighted by molar-refractivity contribution is -0.120. The van der Waals surface area contributed by atoms with Crippen LogP contribution in [0, 0.1) is 5.92 Å². The van der Waals surface area contributed by atoms with Crippen LogP contribution in [0.1, 0.15) is 19.4 Å². The van der Waals surface area contributed by atoms with E-state index < -0.39 is 9.84 Å². The van der Waals surface area contributed by atoms with Gasteiger partial charge in [0.1, 0.15) is 0 Å². The number of thioether (sulfide) groups is 1. The van der Waals surface area contributed by atoms with E-state index in [1.165, 1.54) is 11.8 Å². The summed E-state index contributed by atoms with van der Waals surface area (Å²) in [5, 5.41) is 0.541. The van der Waals surface area contributed by atoms with Gasteiger partial charge >= 0.3 is 0 Å². The molecule has 1 aromatic rings. The topological polar surface area (TPSA) is 85.3 Å². The highest BCUT2D eigenvalue weighted by atomic mass is 32.2. The number of benzene rings is 1. The number of hydrogen-bond donors (Lipinski definition) is 0. The summed E-state index contributed by atoms with van der Waals surface area (Å²) in [6, 6.07) is 5.51. The Balaban J connectivity index is 1.63. The molecule has 26 heavy (non-hydrogen) atoms. The van der Waals surface area contributed by atoms with E-state index in [9.17, 15) is 13.2 Å². The first-order valence-electron chi connectivity index (χ1n) is 8.47. The van der Waals surface area contributed by atoms with Gasteiger partial charge < -0.3 is 14.4 Å². The number of carbonyl (C=O) groups excluding carboxylic acids is 1. The van der Waals surface area contributed by atoms with E-state index in [2.05, 4.69) is 4.99 Å². The van der Waals surface area contributed by atoms with Crippen molar-refractivity contribution in [3.05, 3.63) is 23.8 Å². The summed E-state index contributed by atoms with van der Waals surface area (Å²) < 4.78 is 34.9. The van der Waals surface area contributed by atoms with Crippen LogP contribution in [-0.2, 0) is 21.2 Å². The Labute approximate surface area is 156 Å². The Morgan fingerprint density at radius 2 is 2.08 bits per heavy atom. The molecule has 2 atom stereocenters. The minimum absolute atomic E-state index is 0.0762. The molecule has 0 spiro atoms. The van der Waals surface area contributed by atoms with Crippen LogP contribution in [0.3, 0.4) is 0 Å². The molecule has 0 radical (unpaired) electrons. The largest absolute Gasteiger partial charge is 0.454 e. The van der Waals surface area contributed by atoms with Gasteiger partial charge in [0.2, 0.25) is 6.79 Å². The van der Waals surface area contributed by atoms with Gasteiger partial charge in [0, 0.05) is 17.7 Å². The molecule has 0 N–H and O–H groups in total. The summed E-state index contributed by atoms with van der Waals surface area (Å²) in [6.07, 6.45) is 0. The Bertz CT molecular complexity index is 881. The van der Waals surface area contributed by atoms with Crippen LogP contribution < -0.4 is 9.47 Å². The summed E-state index contributed by atoms with van der Waals surface area (Å²) in [7, 11) is -3.06. The molecule has 9 heteroatoms. The molecular formula is C17H20N2O5S2. The molecule has 7 nitrogen and oxygen atoms in total. The average molecular weight is 396 g/mol. The van der Waals surface area contributed by atoms with Crippen molar-refractivity contribution in [3.63, 3.8) is 0 Å². The van der Waals surface area contributed by atoms with Crippen molar-refractivity contribution in [3.8, 4) is 11.5 Å². The number of fused-ring (bicyclic) bond motifs is 2. The van der Waals surface area contributed by atoms with Crippen LogP contribution >= 0.6 is 11.8 Å². The molecule has 140 valence electrons. The molecule has 2 saturated heterocycles. The molecule has 1 aromatic carbocycles. The van der Waals surface area contributed by atoms with Crippen molar-refractivity contribution < 1.29 is 22.7 Å². The van der Waals surface area contributed by atoms with Crippen molar-refractivity contribution in [1.82, 2.24) is 4.90 Å². The van der Waals surface area contributed by atoms with Gasteiger partial charge in [-0.25, -0.2) is 8.42 Å². The molecule has 0 aromatic heterocycles. The fourth-order valence-electron chi connectivity index (χ4n) is 3.28. The van der Waals surface area contributed by atoms with Gasteiger partial charge in [-0.2, -0.15) is 4.99 Å². The lowest BCUT2D eigenvalue weighted by atomic mass is 10.1. The van der Waals surface area contributed by atoms with Crippen LogP contribution in [0.25, 0.3) is 0 Å². The van der Waals surface area contributed by atoms with Crippen molar-refractivity contribution in [2.45, 2.75) is 31.7 Å². The number of hydrogen-bond acceptors (Lipinski definition) is 6. The van der Waals surface area contributed by atoms with Gasteiger partial charge in [-0.3, -0.25) is 4.79 Å². The first kappa shape index (κ1) is 17.7. The summed E-state index contributed by atoms with van der Waals surface area (Å²) >= 11 is 1.40. The molecule has 0 aliphatic carbocycles. The zero-order valence-electron chi connectivity index (χ0n) is 14.5. The third-order valence-corrected chi connectivity index (χ3v) is 7.91. The number of carbonyl (C=O) groups is 1. The SMILES string of the molecule is CC(C)C(=O)N=C1S[C@@H]2CS(=O)(=O)C[C@H]2N1Cc1ccc2c(c1)OCO2. The van der Waals surface area contributed by atoms with E-state index in [4.69, 9.17) is 9.47 Å². The van der Waals surface area contributed by atoms with E-state index in [0.29, 0.717) is 23.2 Å². The third kappa shape index (κ3) is 3.29.